The number of aryl methyl sites for hydroxylation is 1. The van der Waals surface area contributed by atoms with Gasteiger partial charge in [0.2, 0.25) is 5.89 Å². The highest BCUT2D eigenvalue weighted by molar-refractivity contribution is 9.10. The summed E-state index contributed by atoms with van der Waals surface area (Å²) in [6, 6.07) is 11.8. The van der Waals surface area contributed by atoms with Gasteiger partial charge in [0.05, 0.1) is 0 Å². The fraction of sp³-hybridized carbons (Fsp3) is 0.133. The molecule has 96 valence electrons. The summed E-state index contributed by atoms with van der Waals surface area (Å²) in [6.45, 7) is 2.12. The van der Waals surface area contributed by atoms with Gasteiger partial charge >= 0.3 is 0 Å². The van der Waals surface area contributed by atoms with Gasteiger partial charge in [0.25, 0.3) is 0 Å². The van der Waals surface area contributed by atoms with Crippen molar-refractivity contribution < 1.29 is 4.42 Å². The van der Waals surface area contributed by atoms with Crippen molar-refractivity contribution in [2.75, 3.05) is 5.73 Å². The zero-order valence-corrected chi connectivity index (χ0v) is 12.1. The number of aromatic nitrogens is 1. The number of nitrogens with two attached hydrogens (primary N) is 1. The Balaban J connectivity index is 2.11. The molecule has 0 atom stereocenters. The molecule has 3 nitrogen and oxygen atoms in total. The number of fused-ring (bicyclic) bond motifs is 1. The Bertz CT molecular complexity index is 749. The van der Waals surface area contributed by atoms with Gasteiger partial charge in [-0.1, -0.05) is 13.0 Å². The van der Waals surface area contributed by atoms with Crippen molar-refractivity contribution in [2.24, 2.45) is 0 Å². The normalized spacial score (nSPS) is 11.1. The minimum absolute atomic E-state index is 0.599. The first kappa shape index (κ1) is 12.2. The van der Waals surface area contributed by atoms with Gasteiger partial charge in [-0.25, -0.2) is 4.98 Å². The van der Waals surface area contributed by atoms with E-state index in [0.717, 1.165) is 27.6 Å². The van der Waals surface area contributed by atoms with E-state index in [1.807, 2.05) is 24.3 Å². The van der Waals surface area contributed by atoms with Crippen LogP contribution in [0.3, 0.4) is 0 Å². The van der Waals surface area contributed by atoms with Gasteiger partial charge in [-0.05, 0) is 58.2 Å². The lowest BCUT2D eigenvalue weighted by Gasteiger charge is -1.99. The third-order valence-electron chi connectivity index (χ3n) is 3.10. The Hall–Kier alpha value is -1.81. The molecule has 3 aromatic rings. The topological polar surface area (TPSA) is 52.0 Å². The molecule has 0 aliphatic heterocycles. The van der Waals surface area contributed by atoms with E-state index in [9.17, 15) is 0 Å². The van der Waals surface area contributed by atoms with Crippen LogP contribution >= 0.6 is 15.9 Å². The van der Waals surface area contributed by atoms with Crippen molar-refractivity contribution >= 4 is 32.7 Å². The molecule has 0 unspecified atom stereocenters. The van der Waals surface area contributed by atoms with Gasteiger partial charge in [-0.3, -0.25) is 0 Å². The standard InChI is InChI=1S/C15H13BrN2O/c1-2-9-3-6-14-13(7-9)18-15(19-14)10-4-5-11(16)12(17)8-10/h3-8H,2,17H2,1H3. The average molecular weight is 317 g/mol. The summed E-state index contributed by atoms with van der Waals surface area (Å²) in [7, 11) is 0. The van der Waals surface area contributed by atoms with Crippen molar-refractivity contribution in [3.63, 3.8) is 0 Å². The molecule has 1 heterocycles. The van der Waals surface area contributed by atoms with Crippen LogP contribution in [0.2, 0.25) is 0 Å². The smallest absolute Gasteiger partial charge is 0.227 e. The van der Waals surface area contributed by atoms with Crippen LogP contribution in [0.4, 0.5) is 5.69 Å². The summed E-state index contributed by atoms with van der Waals surface area (Å²) in [5.74, 6) is 0.599. The predicted octanol–water partition coefficient (Wildman–Crippen LogP) is 4.40. The zero-order valence-electron chi connectivity index (χ0n) is 10.5. The van der Waals surface area contributed by atoms with E-state index in [0.29, 0.717) is 11.6 Å². The van der Waals surface area contributed by atoms with Crippen molar-refractivity contribution in [2.45, 2.75) is 13.3 Å². The number of halogens is 1. The summed E-state index contributed by atoms with van der Waals surface area (Å²) >= 11 is 3.38. The molecule has 0 aliphatic carbocycles. The van der Waals surface area contributed by atoms with Crippen LogP contribution in [0.1, 0.15) is 12.5 Å². The number of hydrogen-bond acceptors (Lipinski definition) is 3. The molecule has 0 spiro atoms. The number of hydrogen-bond donors (Lipinski definition) is 1. The SMILES string of the molecule is CCc1ccc2oc(-c3ccc(Br)c(N)c3)nc2c1. The Labute approximate surface area is 119 Å². The first-order valence-corrected chi connectivity index (χ1v) is 6.91. The highest BCUT2D eigenvalue weighted by atomic mass is 79.9. The van der Waals surface area contributed by atoms with E-state index in [-0.39, 0.29) is 0 Å². The Morgan fingerprint density at radius 1 is 1.21 bits per heavy atom. The molecule has 4 heteroatoms. The molecule has 0 fully saturated rings. The van der Waals surface area contributed by atoms with Gasteiger partial charge in [0.15, 0.2) is 5.58 Å². The largest absolute Gasteiger partial charge is 0.436 e. The number of anilines is 1. The Kier molecular flexibility index (Phi) is 3.03. The lowest BCUT2D eigenvalue weighted by Crippen LogP contribution is -1.87. The molecule has 0 amide bonds. The minimum atomic E-state index is 0.599. The molecule has 0 saturated carbocycles. The summed E-state index contributed by atoms with van der Waals surface area (Å²) < 4.78 is 6.64. The average Bonchev–Trinajstić information content (AvgIpc) is 2.84. The number of nitrogen functional groups attached to an aromatic ring is 1. The number of nitrogens with zero attached hydrogens (tertiary/aromatic N) is 1. The lowest BCUT2D eigenvalue weighted by molar-refractivity contribution is 0.620. The second-order valence-electron chi connectivity index (χ2n) is 4.41. The van der Waals surface area contributed by atoms with Crippen LogP contribution in [0.5, 0.6) is 0 Å². The maximum absolute atomic E-state index is 5.88. The molecule has 1 aromatic heterocycles. The molecular formula is C15H13BrN2O. The van der Waals surface area contributed by atoms with Crippen molar-refractivity contribution in [1.29, 1.82) is 0 Å². The second kappa shape index (κ2) is 4.70. The van der Waals surface area contributed by atoms with Gasteiger partial charge < -0.3 is 10.2 Å². The van der Waals surface area contributed by atoms with E-state index < -0.39 is 0 Å². The fourth-order valence-electron chi connectivity index (χ4n) is 1.99. The molecule has 19 heavy (non-hydrogen) atoms. The zero-order chi connectivity index (χ0) is 13.4. The molecular weight excluding hydrogens is 304 g/mol. The number of benzene rings is 2. The third kappa shape index (κ3) is 2.24. The van der Waals surface area contributed by atoms with Crippen molar-refractivity contribution in [1.82, 2.24) is 4.98 Å². The van der Waals surface area contributed by atoms with Crippen LogP contribution in [0.25, 0.3) is 22.6 Å². The van der Waals surface area contributed by atoms with E-state index in [1.165, 1.54) is 5.56 Å². The highest BCUT2D eigenvalue weighted by Crippen LogP contribution is 2.29. The van der Waals surface area contributed by atoms with Crippen LogP contribution in [-0.4, -0.2) is 4.98 Å². The highest BCUT2D eigenvalue weighted by Gasteiger charge is 2.09. The van der Waals surface area contributed by atoms with Crippen LogP contribution in [0.15, 0.2) is 45.3 Å². The quantitative estimate of drug-likeness (QED) is 0.713. The number of rotatable bonds is 2. The monoisotopic (exact) mass is 316 g/mol. The van der Waals surface area contributed by atoms with E-state index in [4.69, 9.17) is 10.2 Å². The first-order chi connectivity index (χ1) is 9.17. The maximum atomic E-state index is 5.88. The Morgan fingerprint density at radius 2 is 2.05 bits per heavy atom. The summed E-state index contributed by atoms with van der Waals surface area (Å²) in [5, 5.41) is 0. The van der Waals surface area contributed by atoms with Crippen molar-refractivity contribution in [3.05, 3.63) is 46.4 Å². The molecule has 0 saturated heterocycles. The van der Waals surface area contributed by atoms with E-state index >= 15 is 0 Å². The van der Waals surface area contributed by atoms with Crippen LogP contribution in [0, 0.1) is 0 Å². The van der Waals surface area contributed by atoms with Gasteiger partial charge in [-0.15, -0.1) is 0 Å². The van der Waals surface area contributed by atoms with E-state index in [2.05, 4.69) is 40.0 Å². The molecule has 2 aromatic carbocycles. The summed E-state index contributed by atoms with van der Waals surface area (Å²) in [4.78, 5) is 4.52. The van der Waals surface area contributed by atoms with Crippen molar-refractivity contribution in [3.8, 4) is 11.5 Å². The molecule has 0 aliphatic rings. The first-order valence-electron chi connectivity index (χ1n) is 6.12. The fourth-order valence-corrected chi connectivity index (χ4v) is 2.24. The molecule has 2 N–H and O–H groups in total. The molecule has 0 radical (unpaired) electrons. The van der Waals surface area contributed by atoms with Gasteiger partial charge in [0, 0.05) is 15.7 Å². The van der Waals surface area contributed by atoms with Gasteiger partial charge in [-0.2, -0.15) is 0 Å². The number of oxazole rings is 1. The van der Waals surface area contributed by atoms with E-state index in [1.54, 1.807) is 0 Å². The molecule has 3 rings (SSSR count). The Morgan fingerprint density at radius 3 is 2.79 bits per heavy atom. The summed E-state index contributed by atoms with van der Waals surface area (Å²) in [6.07, 6.45) is 0.989. The van der Waals surface area contributed by atoms with Crippen LogP contribution < -0.4 is 5.73 Å². The summed E-state index contributed by atoms with van der Waals surface area (Å²) in [5.41, 5.74) is 10.4. The van der Waals surface area contributed by atoms with Crippen LogP contribution in [-0.2, 0) is 6.42 Å². The second-order valence-corrected chi connectivity index (χ2v) is 5.27. The maximum Gasteiger partial charge on any atom is 0.227 e. The third-order valence-corrected chi connectivity index (χ3v) is 3.83. The lowest BCUT2D eigenvalue weighted by atomic mass is 10.1. The predicted molar refractivity (Wildman–Crippen MR) is 80.9 cm³/mol. The van der Waals surface area contributed by atoms with Gasteiger partial charge in [0.1, 0.15) is 5.52 Å². The minimum Gasteiger partial charge on any atom is -0.436 e. The molecule has 0 bridgehead atoms.